The van der Waals surface area contributed by atoms with Gasteiger partial charge < -0.3 is 10.2 Å². The van der Waals surface area contributed by atoms with Crippen LogP contribution in [0.5, 0.6) is 0 Å². The monoisotopic (exact) mass is 247 g/mol. The molecule has 0 aliphatic rings. The van der Waals surface area contributed by atoms with Crippen LogP contribution in [-0.2, 0) is 13.2 Å². The summed E-state index contributed by atoms with van der Waals surface area (Å²) in [5, 5.41) is 26.7. The van der Waals surface area contributed by atoms with Crippen LogP contribution in [0.1, 0.15) is 28.5 Å². The Morgan fingerprint density at radius 1 is 1.33 bits per heavy atom. The second-order valence-corrected chi connectivity index (χ2v) is 4.47. The first-order chi connectivity index (χ1) is 8.60. The molecule has 0 amide bonds. The van der Waals surface area contributed by atoms with Gasteiger partial charge in [-0.05, 0) is 25.0 Å². The number of aromatic nitrogens is 3. The van der Waals surface area contributed by atoms with Crippen molar-refractivity contribution in [3.05, 3.63) is 46.8 Å². The number of hydrogen-bond donors (Lipinski definition) is 2. The van der Waals surface area contributed by atoms with E-state index < -0.39 is 6.10 Å². The molecule has 0 saturated carbocycles. The molecule has 1 heterocycles. The van der Waals surface area contributed by atoms with Gasteiger partial charge in [0.1, 0.15) is 5.69 Å². The van der Waals surface area contributed by atoms with Gasteiger partial charge in [0.15, 0.2) is 0 Å². The minimum absolute atomic E-state index is 0.139. The van der Waals surface area contributed by atoms with Crippen molar-refractivity contribution in [1.82, 2.24) is 15.0 Å². The Hall–Kier alpha value is -1.72. The molecule has 2 aromatic rings. The molecule has 0 unspecified atom stereocenters. The minimum atomic E-state index is -0.627. The molecule has 0 saturated heterocycles. The van der Waals surface area contributed by atoms with Crippen LogP contribution in [0.25, 0.3) is 0 Å². The second kappa shape index (κ2) is 5.29. The molecular weight excluding hydrogens is 230 g/mol. The summed E-state index contributed by atoms with van der Waals surface area (Å²) in [4.78, 5) is 0. The molecule has 1 aromatic carbocycles. The Morgan fingerprint density at radius 2 is 2.11 bits per heavy atom. The van der Waals surface area contributed by atoms with Gasteiger partial charge in [0.05, 0.1) is 25.5 Å². The first kappa shape index (κ1) is 12.7. The number of aliphatic hydroxyl groups excluding tert-OH is 2. The zero-order valence-electron chi connectivity index (χ0n) is 10.5. The number of aryl methyl sites for hydroxylation is 2. The average Bonchev–Trinajstić information content (AvgIpc) is 2.80. The van der Waals surface area contributed by atoms with E-state index >= 15 is 0 Å². The first-order valence-electron chi connectivity index (χ1n) is 5.85. The zero-order valence-corrected chi connectivity index (χ0v) is 10.5. The van der Waals surface area contributed by atoms with Crippen LogP contribution in [0.2, 0.25) is 0 Å². The number of rotatable bonds is 4. The molecule has 1 atom stereocenters. The highest BCUT2D eigenvalue weighted by atomic mass is 16.3. The highest BCUT2D eigenvalue weighted by molar-refractivity contribution is 5.32. The van der Waals surface area contributed by atoms with Crippen LogP contribution in [0.4, 0.5) is 0 Å². The number of aliphatic hydroxyl groups is 2. The van der Waals surface area contributed by atoms with Crippen molar-refractivity contribution in [2.75, 3.05) is 0 Å². The predicted octanol–water partition coefficient (Wildman–Crippen LogP) is 1.12. The van der Waals surface area contributed by atoms with E-state index in [4.69, 9.17) is 5.11 Å². The Balaban J connectivity index is 2.16. The maximum Gasteiger partial charge on any atom is 0.108 e. The summed E-state index contributed by atoms with van der Waals surface area (Å²) in [6.45, 7) is 4.16. The van der Waals surface area contributed by atoms with Crippen molar-refractivity contribution in [2.24, 2.45) is 0 Å². The fraction of sp³-hybridized carbons (Fsp3) is 0.385. The van der Waals surface area contributed by atoms with Gasteiger partial charge in [0.25, 0.3) is 0 Å². The molecule has 1 aromatic heterocycles. The highest BCUT2D eigenvalue weighted by Crippen LogP contribution is 2.20. The van der Waals surface area contributed by atoms with Gasteiger partial charge in [-0.15, -0.1) is 5.10 Å². The van der Waals surface area contributed by atoms with Gasteiger partial charge in [0, 0.05) is 0 Å². The quantitative estimate of drug-likeness (QED) is 0.849. The lowest BCUT2D eigenvalue weighted by Crippen LogP contribution is -2.10. The van der Waals surface area contributed by atoms with Gasteiger partial charge in [-0.25, -0.2) is 4.68 Å². The summed E-state index contributed by atoms with van der Waals surface area (Å²) in [6, 6.07) is 5.99. The first-order valence-corrected chi connectivity index (χ1v) is 5.85. The van der Waals surface area contributed by atoms with E-state index in [9.17, 15) is 5.11 Å². The summed E-state index contributed by atoms with van der Waals surface area (Å²) in [5.74, 6) is 0. The van der Waals surface area contributed by atoms with Crippen LogP contribution in [0, 0.1) is 13.8 Å². The lowest BCUT2D eigenvalue weighted by atomic mass is 10.0. The molecule has 0 spiro atoms. The van der Waals surface area contributed by atoms with Crippen LogP contribution in [0.3, 0.4) is 0 Å². The SMILES string of the molecule is Cc1ccc(C)c([C@H](O)Cn2cc(CO)nn2)c1. The average molecular weight is 247 g/mol. The molecule has 5 heteroatoms. The summed E-state index contributed by atoms with van der Waals surface area (Å²) >= 11 is 0. The van der Waals surface area contributed by atoms with Gasteiger partial charge in [-0.1, -0.05) is 29.0 Å². The highest BCUT2D eigenvalue weighted by Gasteiger charge is 2.12. The fourth-order valence-corrected chi connectivity index (χ4v) is 1.89. The Bertz CT molecular complexity index is 537. The summed E-state index contributed by atoms with van der Waals surface area (Å²) in [5.41, 5.74) is 3.57. The largest absolute Gasteiger partial charge is 0.390 e. The molecule has 0 aliphatic heterocycles. The van der Waals surface area contributed by atoms with Crippen molar-refractivity contribution >= 4 is 0 Å². The third kappa shape index (κ3) is 2.75. The molecule has 18 heavy (non-hydrogen) atoms. The molecule has 0 fully saturated rings. The Labute approximate surface area is 106 Å². The van der Waals surface area contributed by atoms with Crippen LogP contribution < -0.4 is 0 Å². The van der Waals surface area contributed by atoms with Crippen LogP contribution in [-0.4, -0.2) is 25.2 Å². The van der Waals surface area contributed by atoms with E-state index in [1.165, 1.54) is 4.68 Å². The van der Waals surface area contributed by atoms with Crippen molar-refractivity contribution in [3.8, 4) is 0 Å². The fourth-order valence-electron chi connectivity index (χ4n) is 1.89. The number of benzene rings is 1. The number of hydrogen-bond acceptors (Lipinski definition) is 4. The van der Waals surface area contributed by atoms with Gasteiger partial charge in [0.2, 0.25) is 0 Å². The lowest BCUT2D eigenvalue weighted by molar-refractivity contribution is 0.150. The third-order valence-corrected chi connectivity index (χ3v) is 2.90. The van der Waals surface area contributed by atoms with E-state index in [-0.39, 0.29) is 6.61 Å². The molecule has 2 N–H and O–H groups in total. The third-order valence-electron chi connectivity index (χ3n) is 2.90. The molecular formula is C13H17N3O2. The van der Waals surface area contributed by atoms with Crippen molar-refractivity contribution in [3.63, 3.8) is 0 Å². The maximum absolute atomic E-state index is 10.2. The smallest absolute Gasteiger partial charge is 0.108 e. The molecule has 2 rings (SSSR count). The minimum Gasteiger partial charge on any atom is -0.390 e. The lowest BCUT2D eigenvalue weighted by Gasteiger charge is -2.14. The topological polar surface area (TPSA) is 71.2 Å². The van der Waals surface area contributed by atoms with E-state index in [0.717, 1.165) is 16.7 Å². The summed E-state index contributed by atoms with van der Waals surface area (Å²) in [6.07, 6.45) is 1.01. The predicted molar refractivity (Wildman–Crippen MR) is 66.8 cm³/mol. The van der Waals surface area contributed by atoms with Crippen LogP contribution in [0.15, 0.2) is 24.4 Å². The normalized spacial score (nSPS) is 12.7. The molecule has 0 bridgehead atoms. The summed E-state index contributed by atoms with van der Waals surface area (Å²) in [7, 11) is 0. The van der Waals surface area contributed by atoms with Crippen molar-refractivity contribution in [2.45, 2.75) is 33.1 Å². The van der Waals surface area contributed by atoms with Crippen molar-refractivity contribution < 1.29 is 10.2 Å². The zero-order chi connectivity index (χ0) is 13.1. The van der Waals surface area contributed by atoms with Gasteiger partial charge in [-0.3, -0.25) is 0 Å². The van der Waals surface area contributed by atoms with Crippen molar-refractivity contribution in [1.29, 1.82) is 0 Å². The molecule has 0 aliphatic carbocycles. The van der Waals surface area contributed by atoms with E-state index in [0.29, 0.717) is 12.2 Å². The van der Waals surface area contributed by atoms with E-state index in [1.807, 2.05) is 32.0 Å². The molecule has 96 valence electrons. The van der Waals surface area contributed by atoms with E-state index in [1.54, 1.807) is 6.20 Å². The van der Waals surface area contributed by atoms with Gasteiger partial charge in [-0.2, -0.15) is 0 Å². The Morgan fingerprint density at radius 3 is 2.78 bits per heavy atom. The number of nitrogens with zero attached hydrogens (tertiary/aromatic N) is 3. The molecule has 0 radical (unpaired) electrons. The standard InChI is InChI=1S/C13H17N3O2/c1-9-3-4-10(2)12(5-9)13(18)7-16-6-11(8-17)14-15-16/h3-6,13,17-18H,7-8H2,1-2H3/t13-/m1/s1. The second-order valence-electron chi connectivity index (χ2n) is 4.47. The van der Waals surface area contributed by atoms with Gasteiger partial charge >= 0.3 is 0 Å². The molecule has 5 nitrogen and oxygen atoms in total. The summed E-state index contributed by atoms with van der Waals surface area (Å²) < 4.78 is 1.54. The maximum atomic E-state index is 10.2. The van der Waals surface area contributed by atoms with E-state index in [2.05, 4.69) is 10.3 Å². The Kier molecular flexibility index (Phi) is 3.74. The van der Waals surface area contributed by atoms with Crippen LogP contribution >= 0.6 is 0 Å².